The summed E-state index contributed by atoms with van der Waals surface area (Å²) in [4.78, 5) is 16.2. The summed E-state index contributed by atoms with van der Waals surface area (Å²) in [6, 6.07) is 7.59. The molecule has 0 aliphatic heterocycles. The molecule has 1 atom stereocenters. The summed E-state index contributed by atoms with van der Waals surface area (Å²) in [7, 11) is 0. The number of nitrogens with one attached hydrogen (secondary N) is 1. The maximum atomic E-state index is 12.0. The van der Waals surface area contributed by atoms with Crippen molar-refractivity contribution in [3.05, 3.63) is 23.7 Å². The second-order valence-electron chi connectivity index (χ2n) is 4.29. The van der Waals surface area contributed by atoms with Crippen LogP contribution in [-0.2, 0) is 4.79 Å². The minimum absolute atomic E-state index is 0.267. The van der Waals surface area contributed by atoms with Crippen molar-refractivity contribution in [2.24, 2.45) is 5.41 Å². The summed E-state index contributed by atoms with van der Waals surface area (Å²) in [5.74, 6) is -0.267. The lowest BCUT2D eigenvalue weighted by Gasteiger charge is -2.18. The molecule has 1 aromatic carbocycles. The van der Waals surface area contributed by atoms with Gasteiger partial charge < -0.3 is 5.32 Å². The van der Waals surface area contributed by atoms with Crippen LogP contribution in [0.25, 0.3) is 10.2 Å². The molecule has 5 heteroatoms. The van der Waals surface area contributed by atoms with Gasteiger partial charge in [0.1, 0.15) is 5.41 Å². The number of fused-ring (bicyclic) bond motifs is 1. The van der Waals surface area contributed by atoms with Crippen LogP contribution >= 0.6 is 11.3 Å². The molecular formula is C13H13N3OS. The maximum absolute atomic E-state index is 12.0. The normalized spacial score (nSPS) is 13.8. The quantitative estimate of drug-likeness (QED) is 0.920. The van der Waals surface area contributed by atoms with Crippen molar-refractivity contribution in [2.45, 2.75) is 20.3 Å². The molecule has 0 radical (unpaired) electrons. The highest BCUT2D eigenvalue weighted by atomic mass is 32.1. The van der Waals surface area contributed by atoms with Crippen molar-refractivity contribution in [3.63, 3.8) is 0 Å². The molecule has 18 heavy (non-hydrogen) atoms. The van der Waals surface area contributed by atoms with E-state index in [0.717, 1.165) is 10.2 Å². The van der Waals surface area contributed by atoms with Gasteiger partial charge in [-0.15, -0.1) is 11.3 Å². The van der Waals surface area contributed by atoms with Gasteiger partial charge in [-0.1, -0.05) is 6.92 Å². The summed E-state index contributed by atoms with van der Waals surface area (Å²) in [6.07, 6.45) is 0.484. The van der Waals surface area contributed by atoms with E-state index in [0.29, 0.717) is 12.1 Å². The van der Waals surface area contributed by atoms with Gasteiger partial charge in [0.15, 0.2) is 0 Å². The van der Waals surface area contributed by atoms with Crippen molar-refractivity contribution in [1.82, 2.24) is 4.98 Å². The number of hydrogen-bond acceptors (Lipinski definition) is 4. The van der Waals surface area contributed by atoms with Crippen LogP contribution in [0.4, 0.5) is 5.69 Å². The molecule has 92 valence electrons. The number of hydrogen-bond donors (Lipinski definition) is 1. The van der Waals surface area contributed by atoms with Crippen LogP contribution in [0.15, 0.2) is 23.7 Å². The third kappa shape index (κ3) is 2.20. The van der Waals surface area contributed by atoms with E-state index in [1.165, 1.54) is 11.3 Å². The molecule has 0 aliphatic rings. The lowest BCUT2D eigenvalue weighted by molar-refractivity contribution is -0.122. The lowest BCUT2D eigenvalue weighted by Crippen LogP contribution is -2.31. The van der Waals surface area contributed by atoms with E-state index >= 15 is 0 Å². The average Bonchev–Trinajstić information content (AvgIpc) is 2.85. The van der Waals surface area contributed by atoms with E-state index in [-0.39, 0.29) is 5.91 Å². The predicted molar refractivity (Wildman–Crippen MR) is 72.3 cm³/mol. The number of anilines is 1. The molecular weight excluding hydrogens is 246 g/mol. The fourth-order valence-electron chi connectivity index (χ4n) is 1.49. The lowest BCUT2D eigenvalue weighted by atomic mass is 9.88. The fourth-order valence-corrected chi connectivity index (χ4v) is 2.21. The number of thiazole rings is 1. The van der Waals surface area contributed by atoms with Crippen molar-refractivity contribution < 1.29 is 4.79 Å². The minimum atomic E-state index is -0.983. The minimum Gasteiger partial charge on any atom is -0.325 e. The largest absolute Gasteiger partial charge is 0.325 e. The number of rotatable bonds is 3. The standard InChI is InChI=1S/C13H13N3OS/c1-3-13(2,7-14)12(17)16-9-4-5-10-11(6-9)18-8-15-10/h4-6,8H,3H2,1-2H3,(H,16,17). The van der Waals surface area contributed by atoms with Crippen LogP contribution in [0.5, 0.6) is 0 Å². The van der Waals surface area contributed by atoms with Crippen molar-refractivity contribution in [2.75, 3.05) is 5.32 Å². The molecule has 1 N–H and O–H groups in total. The van der Waals surface area contributed by atoms with Gasteiger partial charge in [-0.3, -0.25) is 4.79 Å². The molecule has 2 rings (SSSR count). The SMILES string of the molecule is CCC(C)(C#N)C(=O)Nc1ccc2ncsc2c1. The maximum Gasteiger partial charge on any atom is 0.244 e. The summed E-state index contributed by atoms with van der Waals surface area (Å²) in [5, 5.41) is 11.8. The van der Waals surface area contributed by atoms with Crippen LogP contribution in [0.3, 0.4) is 0 Å². The predicted octanol–water partition coefficient (Wildman–Crippen LogP) is 3.17. The smallest absolute Gasteiger partial charge is 0.244 e. The number of nitriles is 1. The van der Waals surface area contributed by atoms with Crippen molar-refractivity contribution >= 4 is 33.1 Å². The Balaban J connectivity index is 2.23. The number of aromatic nitrogens is 1. The second-order valence-corrected chi connectivity index (χ2v) is 5.17. The number of benzene rings is 1. The third-order valence-corrected chi connectivity index (χ3v) is 3.84. The van der Waals surface area contributed by atoms with E-state index in [1.54, 1.807) is 18.5 Å². The number of carbonyl (C=O) groups excluding carboxylic acids is 1. The van der Waals surface area contributed by atoms with Crippen LogP contribution in [-0.4, -0.2) is 10.9 Å². The Labute approximate surface area is 109 Å². The van der Waals surface area contributed by atoms with E-state index in [4.69, 9.17) is 5.26 Å². The van der Waals surface area contributed by atoms with Gasteiger partial charge in [0.2, 0.25) is 5.91 Å². The van der Waals surface area contributed by atoms with Crippen LogP contribution < -0.4 is 5.32 Å². The van der Waals surface area contributed by atoms with E-state index in [1.807, 2.05) is 19.1 Å². The van der Waals surface area contributed by atoms with Gasteiger partial charge in [-0.05, 0) is 31.5 Å². The molecule has 0 bridgehead atoms. The zero-order valence-electron chi connectivity index (χ0n) is 10.2. The highest BCUT2D eigenvalue weighted by Crippen LogP contribution is 2.25. The first-order valence-electron chi connectivity index (χ1n) is 5.65. The van der Waals surface area contributed by atoms with Gasteiger partial charge >= 0.3 is 0 Å². The molecule has 1 heterocycles. The Morgan fingerprint density at radius 1 is 1.61 bits per heavy atom. The zero-order chi connectivity index (χ0) is 13.2. The van der Waals surface area contributed by atoms with E-state index in [2.05, 4.69) is 16.4 Å². The highest BCUT2D eigenvalue weighted by molar-refractivity contribution is 7.16. The first kappa shape index (κ1) is 12.5. The summed E-state index contributed by atoms with van der Waals surface area (Å²) in [6.45, 7) is 3.47. The Bertz CT molecular complexity index is 628. The summed E-state index contributed by atoms with van der Waals surface area (Å²) < 4.78 is 1.02. The van der Waals surface area contributed by atoms with Crippen molar-refractivity contribution in [3.8, 4) is 6.07 Å². The molecule has 0 saturated heterocycles. The monoisotopic (exact) mass is 259 g/mol. The molecule has 1 amide bonds. The Kier molecular flexibility index (Phi) is 3.30. The van der Waals surface area contributed by atoms with E-state index < -0.39 is 5.41 Å². The number of amides is 1. The molecule has 4 nitrogen and oxygen atoms in total. The van der Waals surface area contributed by atoms with Gasteiger partial charge in [0.25, 0.3) is 0 Å². The first-order chi connectivity index (χ1) is 8.59. The van der Waals surface area contributed by atoms with Crippen molar-refractivity contribution in [1.29, 1.82) is 5.26 Å². The molecule has 0 aliphatic carbocycles. The fraction of sp³-hybridized carbons (Fsp3) is 0.308. The Hall–Kier alpha value is -1.93. The van der Waals surface area contributed by atoms with E-state index in [9.17, 15) is 4.79 Å². The second kappa shape index (κ2) is 4.75. The summed E-state index contributed by atoms with van der Waals surface area (Å²) >= 11 is 1.52. The molecule has 1 aromatic heterocycles. The molecule has 2 aromatic rings. The Morgan fingerprint density at radius 2 is 2.39 bits per heavy atom. The number of nitrogens with zero attached hydrogens (tertiary/aromatic N) is 2. The summed E-state index contributed by atoms with van der Waals surface area (Å²) in [5.41, 5.74) is 2.40. The zero-order valence-corrected chi connectivity index (χ0v) is 11.0. The molecule has 1 unspecified atom stereocenters. The van der Waals surface area contributed by atoms with Gasteiger partial charge in [0, 0.05) is 5.69 Å². The average molecular weight is 259 g/mol. The third-order valence-electron chi connectivity index (χ3n) is 3.04. The molecule has 0 fully saturated rings. The van der Waals surface area contributed by atoms with Gasteiger partial charge in [-0.2, -0.15) is 5.26 Å². The molecule has 0 saturated carbocycles. The van der Waals surface area contributed by atoms with Crippen LogP contribution in [0.2, 0.25) is 0 Å². The van der Waals surface area contributed by atoms with Gasteiger partial charge in [0.05, 0.1) is 21.8 Å². The van der Waals surface area contributed by atoms with Gasteiger partial charge in [-0.25, -0.2) is 4.98 Å². The highest BCUT2D eigenvalue weighted by Gasteiger charge is 2.31. The Morgan fingerprint density at radius 3 is 3.06 bits per heavy atom. The molecule has 0 spiro atoms. The topological polar surface area (TPSA) is 65.8 Å². The number of carbonyl (C=O) groups is 1. The van der Waals surface area contributed by atoms with Crippen LogP contribution in [0, 0.1) is 16.7 Å². The van der Waals surface area contributed by atoms with Crippen LogP contribution in [0.1, 0.15) is 20.3 Å². The first-order valence-corrected chi connectivity index (χ1v) is 6.53.